The van der Waals surface area contributed by atoms with Gasteiger partial charge in [-0.3, -0.25) is 0 Å². The number of thioether (sulfide) groups is 1. The van der Waals surface area contributed by atoms with E-state index in [1.807, 2.05) is 38.1 Å². The molecule has 0 amide bonds. The molecule has 1 unspecified atom stereocenters. The molecule has 0 saturated heterocycles. The van der Waals surface area contributed by atoms with Crippen molar-refractivity contribution in [3.63, 3.8) is 0 Å². The van der Waals surface area contributed by atoms with Crippen molar-refractivity contribution in [3.05, 3.63) is 34.3 Å². The Morgan fingerprint density at radius 1 is 1.42 bits per heavy atom. The minimum Gasteiger partial charge on any atom is -0.388 e. The zero-order valence-electron chi connectivity index (χ0n) is 10.7. The molecule has 1 aromatic heterocycles. The number of benzene rings is 1. The smallest absolute Gasteiger partial charge is 0.209 e. The maximum atomic E-state index is 10.2. The Bertz CT molecular complexity index is 546. The molecule has 0 fully saturated rings. The molecule has 1 N–H and O–H groups in total. The average molecular weight is 343 g/mol. The van der Waals surface area contributed by atoms with Gasteiger partial charge in [-0.15, -0.1) is 5.10 Å². The van der Waals surface area contributed by atoms with Crippen LogP contribution in [0.5, 0.6) is 0 Å². The van der Waals surface area contributed by atoms with E-state index in [0.29, 0.717) is 5.75 Å². The maximum Gasteiger partial charge on any atom is 0.209 e. The lowest BCUT2D eigenvalue weighted by Gasteiger charge is -2.11. The van der Waals surface area contributed by atoms with Gasteiger partial charge in [-0.25, -0.2) is 4.68 Å². The Morgan fingerprint density at radius 3 is 2.89 bits per heavy atom. The number of aromatic nitrogens is 4. The molecule has 1 atom stereocenters. The predicted octanol–water partition coefficient (Wildman–Crippen LogP) is 2.84. The largest absolute Gasteiger partial charge is 0.388 e. The highest BCUT2D eigenvalue weighted by molar-refractivity contribution is 9.10. The third-order valence-electron chi connectivity index (χ3n) is 2.56. The van der Waals surface area contributed by atoms with E-state index in [-0.39, 0.29) is 6.04 Å². The summed E-state index contributed by atoms with van der Waals surface area (Å²) in [5, 5.41) is 22.4. The Balaban J connectivity index is 2.00. The van der Waals surface area contributed by atoms with E-state index in [1.165, 1.54) is 11.8 Å². The van der Waals surface area contributed by atoms with E-state index in [4.69, 9.17) is 0 Å². The van der Waals surface area contributed by atoms with E-state index in [9.17, 15) is 5.11 Å². The highest BCUT2D eigenvalue weighted by atomic mass is 79.9. The van der Waals surface area contributed by atoms with E-state index >= 15 is 0 Å². The molecule has 0 aliphatic heterocycles. The predicted molar refractivity (Wildman–Crippen MR) is 78.0 cm³/mol. The summed E-state index contributed by atoms with van der Waals surface area (Å²) in [6.45, 7) is 4.04. The summed E-state index contributed by atoms with van der Waals surface area (Å²) in [7, 11) is 0. The van der Waals surface area contributed by atoms with Crippen LogP contribution in [-0.4, -0.2) is 31.1 Å². The van der Waals surface area contributed by atoms with Crippen molar-refractivity contribution >= 4 is 27.7 Å². The third kappa shape index (κ3) is 3.77. The first kappa shape index (κ1) is 14.5. The van der Waals surface area contributed by atoms with Crippen LogP contribution in [0.15, 0.2) is 33.9 Å². The van der Waals surface area contributed by atoms with Crippen LogP contribution in [0.25, 0.3) is 0 Å². The molecule has 5 nitrogen and oxygen atoms in total. The van der Waals surface area contributed by atoms with Crippen LogP contribution in [0.3, 0.4) is 0 Å². The molecule has 0 bridgehead atoms. The zero-order chi connectivity index (χ0) is 13.8. The molecule has 0 radical (unpaired) electrons. The molecule has 2 rings (SSSR count). The number of rotatable bonds is 5. The minimum absolute atomic E-state index is 0.209. The number of hydrogen-bond acceptors (Lipinski definition) is 5. The van der Waals surface area contributed by atoms with Gasteiger partial charge >= 0.3 is 0 Å². The van der Waals surface area contributed by atoms with Crippen LogP contribution in [0, 0.1) is 0 Å². The van der Waals surface area contributed by atoms with Crippen LogP contribution >= 0.6 is 27.7 Å². The fourth-order valence-corrected chi connectivity index (χ4v) is 2.96. The van der Waals surface area contributed by atoms with E-state index in [1.54, 1.807) is 4.68 Å². The Hall–Kier alpha value is -0.920. The first-order chi connectivity index (χ1) is 9.08. The second-order valence-electron chi connectivity index (χ2n) is 4.38. The average Bonchev–Trinajstić information content (AvgIpc) is 2.84. The molecule has 1 aromatic carbocycles. The summed E-state index contributed by atoms with van der Waals surface area (Å²) in [6.07, 6.45) is -0.542. The number of hydrogen-bond donors (Lipinski definition) is 1. The standard InChI is InChI=1S/C12H15BrN4OS/c1-8(2)17-12(14-15-16-17)19-7-11(18)9-4-3-5-10(13)6-9/h3-6,8,11,18H,7H2,1-2H3. The molecule has 102 valence electrons. The van der Waals surface area contributed by atoms with E-state index < -0.39 is 6.10 Å². The molecule has 0 aliphatic rings. The minimum atomic E-state index is -0.542. The number of nitrogens with zero attached hydrogens (tertiary/aromatic N) is 4. The quantitative estimate of drug-likeness (QED) is 0.846. The van der Waals surface area contributed by atoms with Crippen molar-refractivity contribution in [1.82, 2.24) is 20.2 Å². The van der Waals surface area contributed by atoms with Gasteiger partial charge in [-0.05, 0) is 42.0 Å². The van der Waals surface area contributed by atoms with Gasteiger partial charge in [0.1, 0.15) is 0 Å². The molecule has 0 spiro atoms. The van der Waals surface area contributed by atoms with Crippen LogP contribution in [0.1, 0.15) is 31.6 Å². The molecule has 1 heterocycles. The molecule has 7 heteroatoms. The van der Waals surface area contributed by atoms with Gasteiger partial charge in [-0.2, -0.15) is 0 Å². The lowest BCUT2D eigenvalue weighted by atomic mass is 10.1. The number of tetrazole rings is 1. The zero-order valence-corrected chi connectivity index (χ0v) is 13.1. The number of halogens is 1. The summed E-state index contributed by atoms with van der Waals surface area (Å²) in [6, 6.07) is 7.87. The van der Waals surface area contributed by atoms with Gasteiger partial charge in [0.2, 0.25) is 5.16 Å². The maximum absolute atomic E-state index is 10.2. The Kier molecular flexibility index (Phi) is 4.95. The van der Waals surface area contributed by atoms with Gasteiger partial charge in [0.05, 0.1) is 12.1 Å². The molecular weight excluding hydrogens is 328 g/mol. The van der Waals surface area contributed by atoms with Gasteiger partial charge in [-0.1, -0.05) is 39.8 Å². The highest BCUT2D eigenvalue weighted by Gasteiger charge is 2.13. The van der Waals surface area contributed by atoms with E-state index in [0.717, 1.165) is 15.2 Å². The summed E-state index contributed by atoms with van der Waals surface area (Å²) in [4.78, 5) is 0. The molecule has 0 saturated carbocycles. The van der Waals surface area contributed by atoms with E-state index in [2.05, 4.69) is 31.5 Å². The monoisotopic (exact) mass is 342 g/mol. The van der Waals surface area contributed by atoms with Crippen molar-refractivity contribution < 1.29 is 5.11 Å². The molecule has 0 aliphatic carbocycles. The summed E-state index contributed by atoms with van der Waals surface area (Å²) in [5.74, 6) is 0.517. The Morgan fingerprint density at radius 2 is 2.21 bits per heavy atom. The van der Waals surface area contributed by atoms with Gasteiger partial charge in [0, 0.05) is 10.2 Å². The van der Waals surface area contributed by atoms with Gasteiger partial charge in [0.25, 0.3) is 0 Å². The topological polar surface area (TPSA) is 63.8 Å². The first-order valence-corrected chi connectivity index (χ1v) is 7.70. The SMILES string of the molecule is CC(C)n1nnnc1SCC(O)c1cccc(Br)c1. The first-order valence-electron chi connectivity index (χ1n) is 5.92. The van der Waals surface area contributed by atoms with Crippen LogP contribution < -0.4 is 0 Å². The van der Waals surface area contributed by atoms with Gasteiger partial charge in [0.15, 0.2) is 0 Å². The second-order valence-corrected chi connectivity index (χ2v) is 6.28. The fourth-order valence-electron chi connectivity index (χ4n) is 1.57. The fraction of sp³-hybridized carbons (Fsp3) is 0.417. The van der Waals surface area contributed by atoms with Crippen molar-refractivity contribution in [3.8, 4) is 0 Å². The van der Waals surface area contributed by atoms with Crippen molar-refractivity contribution in [1.29, 1.82) is 0 Å². The number of aliphatic hydroxyl groups excluding tert-OH is 1. The lowest BCUT2D eigenvalue weighted by molar-refractivity contribution is 0.204. The normalized spacial score (nSPS) is 12.9. The molecule has 19 heavy (non-hydrogen) atoms. The Labute approximate surface area is 124 Å². The van der Waals surface area contributed by atoms with Gasteiger partial charge < -0.3 is 5.11 Å². The highest BCUT2D eigenvalue weighted by Crippen LogP contribution is 2.25. The van der Waals surface area contributed by atoms with Crippen LogP contribution in [0.2, 0.25) is 0 Å². The summed E-state index contributed by atoms with van der Waals surface area (Å²) >= 11 is 4.85. The molecule has 2 aromatic rings. The second kappa shape index (κ2) is 6.49. The summed E-state index contributed by atoms with van der Waals surface area (Å²) < 4.78 is 2.71. The molecular formula is C12H15BrN4OS. The summed E-state index contributed by atoms with van der Waals surface area (Å²) in [5.41, 5.74) is 0.880. The lowest BCUT2D eigenvalue weighted by Crippen LogP contribution is -2.07. The van der Waals surface area contributed by atoms with Crippen molar-refractivity contribution in [2.75, 3.05) is 5.75 Å². The van der Waals surface area contributed by atoms with Crippen LogP contribution in [-0.2, 0) is 0 Å². The van der Waals surface area contributed by atoms with Crippen LogP contribution in [0.4, 0.5) is 0 Å². The van der Waals surface area contributed by atoms with Crippen molar-refractivity contribution in [2.24, 2.45) is 0 Å². The number of aliphatic hydroxyl groups is 1. The third-order valence-corrected chi connectivity index (χ3v) is 4.06. The van der Waals surface area contributed by atoms with Crippen molar-refractivity contribution in [2.45, 2.75) is 31.1 Å².